The van der Waals surface area contributed by atoms with Crippen LogP contribution in [0, 0.1) is 12.7 Å². The molecule has 0 N–H and O–H groups in total. The highest BCUT2D eigenvalue weighted by atomic mass is 19.1. The van der Waals surface area contributed by atoms with E-state index in [9.17, 15) is 14.4 Å². The number of benzene rings is 1. The second kappa shape index (κ2) is 7.21. The van der Waals surface area contributed by atoms with Crippen molar-refractivity contribution in [3.8, 4) is 0 Å². The summed E-state index contributed by atoms with van der Waals surface area (Å²) in [7, 11) is 0. The quantitative estimate of drug-likeness (QED) is 0.561. The maximum Gasteiger partial charge on any atom is 0.343 e. The van der Waals surface area contributed by atoms with Gasteiger partial charge in [-0.3, -0.25) is 4.79 Å². The molecule has 0 amide bonds. The molecular weight excluding hydrogens is 405 g/mol. The number of furan rings is 1. The van der Waals surface area contributed by atoms with Crippen LogP contribution in [-0.4, -0.2) is 28.7 Å². The summed E-state index contributed by atoms with van der Waals surface area (Å²) in [5.41, 5.74) is -1.13. The Balaban J connectivity index is 2.06. The lowest BCUT2D eigenvalue weighted by Gasteiger charge is -2.19. The molecule has 0 saturated heterocycles. The zero-order chi connectivity index (χ0) is 22.7. The number of pyridine rings is 1. The molecule has 8 heteroatoms. The first-order chi connectivity index (χ1) is 14.5. The maximum atomic E-state index is 15.3. The standard InChI is InChI=1S/C23H24FNO6/c1-6-29-21(27)14-10-25(12-7-8-12)18-13(19(14)26)9-15(24)17-16(11(2)30-20(17)18)22(28)31-23(3,4)5/h9-10,12H,6-8H2,1-5H3. The summed E-state index contributed by atoms with van der Waals surface area (Å²) < 4.78 is 33.3. The van der Waals surface area contributed by atoms with Gasteiger partial charge in [0.25, 0.3) is 0 Å². The minimum Gasteiger partial charge on any atom is -0.462 e. The lowest BCUT2D eigenvalue weighted by molar-refractivity contribution is 0.00693. The molecule has 31 heavy (non-hydrogen) atoms. The second-order valence-corrected chi connectivity index (χ2v) is 8.72. The van der Waals surface area contributed by atoms with Crippen molar-refractivity contribution in [3.05, 3.63) is 45.2 Å². The number of carbonyl (C=O) groups excluding carboxylic acids is 2. The summed E-state index contributed by atoms with van der Waals surface area (Å²) in [5, 5.41) is -0.0242. The van der Waals surface area contributed by atoms with Crippen LogP contribution in [0.25, 0.3) is 21.9 Å². The fraction of sp³-hybridized carbons (Fsp3) is 0.435. The minimum atomic E-state index is -0.791. The molecule has 2 heterocycles. The summed E-state index contributed by atoms with van der Waals surface area (Å²) >= 11 is 0. The summed E-state index contributed by atoms with van der Waals surface area (Å²) in [4.78, 5) is 38.1. The van der Waals surface area contributed by atoms with Crippen molar-refractivity contribution in [1.82, 2.24) is 4.57 Å². The van der Waals surface area contributed by atoms with Crippen LogP contribution >= 0.6 is 0 Å². The van der Waals surface area contributed by atoms with E-state index in [1.807, 2.05) is 0 Å². The predicted octanol–water partition coefficient (Wildman–Crippen LogP) is 4.66. The average Bonchev–Trinajstić information content (AvgIpc) is 3.43. The summed E-state index contributed by atoms with van der Waals surface area (Å²) in [6.45, 7) is 8.47. The summed E-state index contributed by atoms with van der Waals surface area (Å²) in [6, 6.07) is 1.10. The molecule has 164 valence electrons. The van der Waals surface area contributed by atoms with E-state index < -0.39 is 28.8 Å². The molecule has 1 aliphatic carbocycles. The number of hydrogen-bond donors (Lipinski definition) is 0. The first-order valence-electron chi connectivity index (χ1n) is 10.2. The van der Waals surface area contributed by atoms with Gasteiger partial charge in [-0.05, 0) is 53.5 Å². The Bertz CT molecular complexity index is 1290. The van der Waals surface area contributed by atoms with E-state index >= 15 is 4.39 Å². The lowest BCUT2D eigenvalue weighted by Crippen LogP contribution is -2.24. The van der Waals surface area contributed by atoms with E-state index in [1.165, 1.54) is 6.20 Å². The van der Waals surface area contributed by atoms with Crippen LogP contribution in [0.5, 0.6) is 0 Å². The van der Waals surface area contributed by atoms with Gasteiger partial charge in [-0.2, -0.15) is 0 Å². The highest BCUT2D eigenvalue weighted by Crippen LogP contribution is 2.41. The van der Waals surface area contributed by atoms with Crippen molar-refractivity contribution in [2.45, 2.75) is 59.1 Å². The van der Waals surface area contributed by atoms with Crippen LogP contribution in [0.4, 0.5) is 4.39 Å². The Kier molecular flexibility index (Phi) is 4.91. The van der Waals surface area contributed by atoms with Crippen LogP contribution in [0.15, 0.2) is 21.5 Å². The number of ether oxygens (including phenoxy) is 2. The van der Waals surface area contributed by atoms with Crippen molar-refractivity contribution >= 4 is 33.8 Å². The van der Waals surface area contributed by atoms with Crippen molar-refractivity contribution in [2.75, 3.05) is 6.61 Å². The third kappa shape index (κ3) is 3.60. The average molecular weight is 429 g/mol. The van der Waals surface area contributed by atoms with E-state index in [1.54, 1.807) is 39.2 Å². The fourth-order valence-corrected chi connectivity index (χ4v) is 3.74. The van der Waals surface area contributed by atoms with Gasteiger partial charge in [0.2, 0.25) is 5.43 Å². The largest absolute Gasteiger partial charge is 0.462 e. The number of halogens is 1. The summed E-state index contributed by atoms with van der Waals surface area (Å²) in [5.74, 6) is -2.06. The van der Waals surface area contributed by atoms with Gasteiger partial charge < -0.3 is 18.5 Å². The summed E-state index contributed by atoms with van der Waals surface area (Å²) in [6.07, 6.45) is 3.14. The second-order valence-electron chi connectivity index (χ2n) is 8.72. The molecule has 0 aliphatic heterocycles. The Morgan fingerprint density at radius 2 is 1.94 bits per heavy atom. The van der Waals surface area contributed by atoms with Gasteiger partial charge in [-0.15, -0.1) is 0 Å². The monoisotopic (exact) mass is 429 g/mol. The zero-order valence-corrected chi connectivity index (χ0v) is 18.1. The first-order valence-corrected chi connectivity index (χ1v) is 10.2. The van der Waals surface area contributed by atoms with Gasteiger partial charge in [0, 0.05) is 12.2 Å². The third-order valence-electron chi connectivity index (χ3n) is 5.12. The van der Waals surface area contributed by atoms with Gasteiger partial charge in [-0.1, -0.05) is 0 Å². The molecule has 4 rings (SSSR count). The third-order valence-corrected chi connectivity index (χ3v) is 5.12. The highest BCUT2D eigenvalue weighted by molar-refractivity contribution is 6.12. The van der Waals surface area contributed by atoms with Crippen LogP contribution in [-0.2, 0) is 9.47 Å². The van der Waals surface area contributed by atoms with Crippen molar-refractivity contribution < 1.29 is 27.9 Å². The molecule has 1 saturated carbocycles. The van der Waals surface area contributed by atoms with Crippen molar-refractivity contribution in [2.24, 2.45) is 0 Å². The number of aromatic nitrogens is 1. The number of fused-ring (bicyclic) bond motifs is 3. The molecule has 7 nitrogen and oxygen atoms in total. The van der Waals surface area contributed by atoms with E-state index in [4.69, 9.17) is 13.9 Å². The molecule has 1 aromatic carbocycles. The molecule has 2 aromatic heterocycles. The Labute approximate surface area is 177 Å². The molecule has 0 spiro atoms. The maximum absolute atomic E-state index is 15.3. The van der Waals surface area contributed by atoms with Gasteiger partial charge in [0.1, 0.15) is 28.3 Å². The number of rotatable bonds is 4. The molecule has 0 atom stereocenters. The topological polar surface area (TPSA) is 87.7 Å². The molecule has 3 aromatic rings. The molecular formula is C23H24FNO6. The van der Waals surface area contributed by atoms with E-state index in [-0.39, 0.29) is 45.9 Å². The number of esters is 2. The van der Waals surface area contributed by atoms with Gasteiger partial charge in [-0.25, -0.2) is 14.0 Å². The predicted molar refractivity (Wildman–Crippen MR) is 112 cm³/mol. The Morgan fingerprint density at radius 3 is 2.52 bits per heavy atom. The van der Waals surface area contributed by atoms with Gasteiger partial charge >= 0.3 is 11.9 Å². The van der Waals surface area contributed by atoms with Crippen LogP contribution in [0.3, 0.4) is 0 Å². The van der Waals surface area contributed by atoms with Gasteiger partial charge in [0.05, 0.1) is 22.9 Å². The minimum absolute atomic E-state index is 0.00594. The normalized spacial score (nSPS) is 14.3. The Morgan fingerprint density at radius 1 is 1.26 bits per heavy atom. The van der Waals surface area contributed by atoms with E-state index in [0.29, 0.717) is 5.52 Å². The number of nitrogens with zero attached hydrogens (tertiary/aromatic N) is 1. The lowest BCUT2D eigenvalue weighted by atomic mass is 10.0. The SMILES string of the molecule is CCOC(=O)c1cn(C2CC2)c2c(cc(F)c3c(C(=O)OC(C)(C)C)c(C)oc32)c1=O. The smallest absolute Gasteiger partial charge is 0.343 e. The first kappa shape index (κ1) is 21.1. The zero-order valence-electron chi connectivity index (χ0n) is 18.1. The highest BCUT2D eigenvalue weighted by Gasteiger charge is 2.32. The van der Waals surface area contributed by atoms with Crippen molar-refractivity contribution in [1.29, 1.82) is 0 Å². The fourth-order valence-electron chi connectivity index (χ4n) is 3.74. The van der Waals surface area contributed by atoms with Crippen molar-refractivity contribution in [3.63, 3.8) is 0 Å². The van der Waals surface area contributed by atoms with Crippen LogP contribution in [0.1, 0.15) is 73.1 Å². The molecule has 1 fully saturated rings. The molecule has 0 unspecified atom stereocenters. The Hall–Kier alpha value is -3.16. The molecule has 0 radical (unpaired) electrons. The van der Waals surface area contributed by atoms with E-state index in [0.717, 1.165) is 18.9 Å². The molecule has 0 bridgehead atoms. The van der Waals surface area contributed by atoms with Crippen LogP contribution in [0.2, 0.25) is 0 Å². The van der Waals surface area contributed by atoms with Gasteiger partial charge in [0.15, 0.2) is 5.58 Å². The number of hydrogen-bond acceptors (Lipinski definition) is 6. The number of aryl methyl sites for hydroxylation is 1. The molecule has 1 aliphatic rings. The number of carbonyl (C=O) groups is 2. The van der Waals surface area contributed by atoms with E-state index in [2.05, 4.69) is 0 Å². The van der Waals surface area contributed by atoms with Crippen LogP contribution < -0.4 is 5.43 Å².